The molecule has 2 rings (SSSR count). The second-order valence-corrected chi connectivity index (χ2v) is 5.83. The number of hydrogen-bond donors (Lipinski definition) is 1. The standard InChI is InChI=1S/C14H17BrFN3O/c1-8(2)12(17-3)7-13-18-14(19-20-13)10-5-4-9(16)6-11(10)15/h4-6,8,12,17H,7H2,1-3H3. The number of rotatable bonds is 5. The molecule has 1 aromatic heterocycles. The SMILES string of the molecule is CNC(Cc1nc(-c2ccc(F)cc2Br)no1)C(C)C. The quantitative estimate of drug-likeness (QED) is 0.905. The van der Waals surface area contributed by atoms with E-state index >= 15 is 0 Å². The third-order valence-corrected chi connectivity index (χ3v) is 3.87. The van der Waals surface area contributed by atoms with Crippen LogP contribution in [-0.4, -0.2) is 23.2 Å². The lowest BCUT2D eigenvalue weighted by Crippen LogP contribution is -2.32. The average Bonchev–Trinajstić information content (AvgIpc) is 2.83. The highest BCUT2D eigenvalue weighted by molar-refractivity contribution is 9.10. The summed E-state index contributed by atoms with van der Waals surface area (Å²) in [6, 6.07) is 4.67. The lowest BCUT2D eigenvalue weighted by Gasteiger charge is -2.17. The van der Waals surface area contributed by atoms with Crippen molar-refractivity contribution in [2.45, 2.75) is 26.3 Å². The third kappa shape index (κ3) is 3.43. The first kappa shape index (κ1) is 15.1. The minimum absolute atomic E-state index is 0.278. The molecule has 0 radical (unpaired) electrons. The maximum Gasteiger partial charge on any atom is 0.228 e. The van der Waals surface area contributed by atoms with Gasteiger partial charge in [0.15, 0.2) is 0 Å². The van der Waals surface area contributed by atoms with E-state index in [-0.39, 0.29) is 11.9 Å². The van der Waals surface area contributed by atoms with Gasteiger partial charge in [0.25, 0.3) is 0 Å². The van der Waals surface area contributed by atoms with Gasteiger partial charge < -0.3 is 9.84 Å². The Morgan fingerprint density at radius 3 is 2.75 bits per heavy atom. The van der Waals surface area contributed by atoms with E-state index in [4.69, 9.17) is 4.52 Å². The smallest absolute Gasteiger partial charge is 0.228 e. The van der Waals surface area contributed by atoms with E-state index in [0.29, 0.717) is 34.1 Å². The lowest BCUT2D eigenvalue weighted by molar-refractivity contribution is 0.335. The maximum atomic E-state index is 13.1. The summed E-state index contributed by atoms with van der Waals surface area (Å²) in [7, 11) is 1.92. The molecule has 0 saturated carbocycles. The molecule has 1 N–H and O–H groups in total. The molecular weight excluding hydrogens is 325 g/mol. The summed E-state index contributed by atoms with van der Waals surface area (Å²) in [5, 5.41) is 7.19. The summed E-state index contributed by atoms with van der Waals surface area (Å²) in [5.41, 5.74) is 0.715. The van der Waals surface area contributed by atoms with Crippen molar-refractivity contribution >= 4 is 15.9 Å². The molecule has 0 amide bonds. The normalized spacial score (nSPS) is 12.9. The Hall–Kier alpha value is -1.27. The van der Waals surface area contributed by atoms with Crippen molar-refractivity contribution in [3.05, 3.63) is 34.4 Å². The molecule has 1 aromatic carbocycles. The zero-order valence-corrected chi connectivity index (χ0v) is 13.2. The van der Waals surface area contributed by atoms with Crippen LogP contribution in [0.1, 0.15) is 19.7 Å². The van der Waals surface area contributed by atoms with Gasteiger partial charge in [0.1, 0.15) is 5.82 Å². The Morgan fingerprint density at radius 2 is 2.15 bits per heavy atom. The van der Waals surface area contributed by atoms with Crippen LogP contribution in [0, 0.1) is 11.7 Å². The average molecular weight is 342 g/mol. The van der Waals surface area contributed by atoms with Crippen LogP contribution in [-0.2, 0) is 6.42 Å². The van der Waals surface area contributed by atoms with Crippen LogP contribution in [0.15, 0.2) is 27.2 Å². The van der Waals surface area contributed by atoms with Gasteiger partial charge in [-0.2, -0.15) is 4.98 Å². The van der Waals surface area contributed by atoms with Gasteiger partial charge in [0.2, 0.25) is 11.7 Å². The van der Waals surface area contributed by atoms with Crippen molar-refractivity contribution in [2.75, 3.05) is 7.05 Å². The molecule has 4 nitrogen and oxygen atoms in total. The predicted molar refractivity (Wildman–Crippen MR) is 78.8 cm³/mol. The molecule has 0 aliphatic heterocycles. The number of halogens is 2. The Labute approximate surface area is 125 Å². The van der Waals surface area contributed by atoms with Gasteiger partial charge in [-0.3, -0.25) is 0 Å². The third-order valence-electron chi connectivity index (χ3n) is 3.21. The van der Waals surface area contributed by atoms with Gasteiger partial charge in [-0.25, -0.2) is 4.39 Å². The summed E-state index contributed by atoms with van der Waals surface area (Å²) in [5.74, 6) is 1.20. The Morgan fingerprint density at radius 1 is 1.40 bits per heavy atom. The molecule has 6 heteroatoms. The lowest BCUT2D eigenvalue weighted by atomic mass is 10.0. The molecule has 1 heterocycles. The van der Waals surface area contributed by atoms with Gasteiger partial charge in [0.05, 0.1) is 0 Å². The van der Waals surface area contributed by atoms with Crippen LogP contribution in [0.2, 0.25) is 0 Å². The number of hydrogen-bond acceptors (Lipinski definition) is 4. The number of likely N-dealkylation sites (N-methyl/N-ethyl adjacent to an activating group) is 1. The minimum atomic E-state index is -0.306. The molecule has 0 fully saturated rings. The Balaban J connectivity index is 2.20. The molecule has 0 aliphatic rings. The largest absolute Gasteiger partial charge is 0.339 e. The molecule has 0 aliphatic carbocycles. The fourth-order valence-corrected chi connectivity index (χ4v) is 2.51. The topological polar surface area (TPSA) is 51.0 Å². The number of nitrogens with zero attached hydrogens (tertiary/aromatic N) is 2. The fraction of sp³-hybridized carbons (Fsp3) is 0.429. The second kappa shape index (κ2) is 6.45. The van der Waals surface area contributed by atoms with E-state index in [1.165, 1.54) is 12.1 Å². The van der Waals surface area contributed by atoms with Crippen molar-refractivity contribution in [3.63, 3.8) is 0 Å². The number of benzene rings is 1. The molecular formula is C14H17BrFN3O. The van der Waals surface area contributed by atoms with E-state index in [2.05, 4.69) is 45.2 Å². The second-order valence-electron chi connectivity index (χ2n) is 4.98. The van der Waals surface area contributed by atoms with Crippen LogP contribution < -0.4 is 5.32 Å². The van der Waals surface area contributed by atoms with Crippen molar-refractivity contribution in [2.24, 2.45) is 5.92 Å². The van der Waals surface area contributed by atoms with Gasteiger partial charge in [-0.15, -0.1) is 0 Å². The van der Waals surface area contributed by atoms with Crippen molar-refractivity contribution in [3.8, 4) is 11.4 Å². The molecule has 0 spiro atoms. The molecule has 20 heavy (non-hydrogen) atoms. The number of nitrogens with one attached hydrogen (secondary N) is 1. The molecule has 0 bridgehead atoms. The van der Waals surface area contributed by atoms with E-state index < -0.39 is 0 Å². The van der Waals surface area contributed by atoms with Crippen molar-refractivity contribution < 1.29 is 8.91 Å². The molecule has 2 aromatic rings. The minimum Gasteiger partial charge on any atom is -0.339 e. The van der Waals surface area contributed by atoms with Gasteiger partial charge in [-0.1, -0.05) is 19.0 Å². The van der Waals surface area contributed by atoms with Crippen LogP contribution in [0.25, 0.3) is 11.4 Å². The summed E-state index contributed by atoms with van der Waals surface area (Å²) < 4.78 is 19.0. The van der Waals surface area contributed by atoms with E-state index in [1.54, 1.807) is 6.07 Å². The van der Waals surface area contributed by atoms with Gasteiger partial charge in [-0.05, 0) is 47.1 Å². The van der Waals surface area contributed by atoms with Gasteiger partial charge >= 0.3 is 0 Å². The Bertz CT molecular complexity index is 586. The first-order valence-electron chi connectivity index (χ1n) is 6.46. The summed E-state index contributed by atoms with van der Waals surface area (Å²) in [6.45, 7) is 4.27. The highest BCUT2D eigenvalue weighted by Crippen LogP contribution is 2.26. The molecule has 1 unspecified atom stereocenters. The van der Waals surface area contributed by atoms with Crippen molar-refractivity contribution in [1.29, 1.82) is 0 Å². The first-order chi connectivity index (χ1) is 9.51. The van der Waals surface area contributed by atoms with E-state index in [9.17, 15) is 4.39 Å². The molecule has 0 saturated heterocycles. The van der Waals surface area contributed by atoms with Crippen LogP contribution in [0.3, 0.4) is 0 Å². The monoisotopic (exact) mass is 341 g/mol. The zero-order valence-electron chi connectivity index (χ0n) is 11.7. The van der Waals surface area contributed by atoms with Crippen LogP contribution >= 0.6 is 15.9 Å². The van der Waals surface area contributed by atoms with Crippen LogP contribution in [0.4, 0.5) is 4.39 Å². The highest BCUT2D eigenvalue weighted by Gasteiger charge is 2.17. The van der Waals surface area contributed by atoms with Crippen molar-refractivity contribution in [1.82, 2.24) is 15.5 Å². The van der Waals surface area contributed by atoms with Gasteiger partial charge in [0, 0.05) is 22.5 Å². The summed E-state index contributed by atoms with van der Waals surface area (Å²) in [4.78, 5) is 4.37. The summed E-state index contributed by atoms with van der Waals surface area (Å²) in [6.07, 6.45) is 0.667. The Kier molecular flexibility index (Phi) is 4.88. The van der Waals surface area contributed by atoms with E-state index in [0.717, 1.165) is 0 Å². The fourth-order valence-electron chi connectivity index (χ4n) is 1.98. The van der Waals surface area contributed by atoms with Crippen LogP contribution in [0.5, 0.6) is 0 Å². The number of aromatic nitrogens is 2. The zero-order chi connectivity index (χ0) is 14.7. The summed E-state index contributed by atoms with van der Waals surface area (Å²) >= 11 is 3.31. The first-order valence-corrected chi connectivity index (χ1v) is 7.26. The highest BCUT2D eigenvalue weighted by atomic mass is 79.9. The molecule has 1 atom stereocenters. The van der Waals surface area contributed by atoms with E-state index in [1.807, 2.05) is 7.05 Å². The maximum absolute atomic E-state index is 13.1. The predicted octanol–water partition coefficient (Wildman–Crippen LogP) is 3.42. The molecule has 108 valence electrons.